The van der Waals surface area contributed by atoms with Crippen molar-refractivity contribution in [2.75, 3.05) is 0 Å². The molecule has 0 fully saturated rings. The van der Waals surface area contributed by atoms with Crippen molar-refractivity contribution in [2.24, 2.45) is 0 Å². The summed E-state index contributed by atoms with van der Waals surface area (Å²) in [6, 6.07) is 25.0. The van der Waals surface area contributed by atoms with E-state index in [0.717, 1.165) is 6.42 Å². The Kier molecular flexibility index (Phi) is 48.8. The molecular weight excluding hydrogens is 375 g/mol. The number of hydrogen-bond acceptors (Lipinski definition) is 0. The molecule has 0 aliphatic heterocycles. The SMILES string of the molecule is Cl.Cl.[C-]1=CC=CC1.[CH3-].[CH3-].[SiH2]=[Ti].[c-]1ccccc1.[c-]1ccccc1. The number of benzene rings is 2. The van der Waals surface area contributed by atoms with E-state index in [9.17, 15) is 0 Å². The van der Waals surface area contributed by atoms with Crippen molar-refractivity contribution in [3.63, 3.8) is 0 Å². The van der Waals surface area contributed by atoms with Crippen LogP contribution >= 0.6 is 24.8 Å². The number of rotatable bonds is 0. The van der Waals surface area contributed by atoms with Gasteiger partial charge < -0.3 is 14.9 Å². The summed E-state index contributed by atoms with van der Waals surface area (Å²) in [7, 11) is 1.86. The standard InChI is InChI=1S/2C6H5.C5H5.2CH3.2ClH.H2Si.Ti/c2*1-2-4-6-5-3-1;1-2-4-5-3-1;;;;;;/h2*1-5H;1-3H,4H2;2*1H3;2*1H;1H2;/q5*-1;;;;. The summed E-state index contributed by atoms with van der Waals surface area (Å²) in [5.74, 6) is 0. The first-order chi connectivity index (χ1) is 9.50. The van der Waals surface area contributed by atoms with Gasteiger partial charge in [0.1, 0.15) is 0 Å². The van der Waals surface area contributed by atoms with E-state index in [0.29, 0.717) is 0 Å². The molecule has 0 unspecified atom stereocenters. The van der Waals surface area contributed by atoms with Crippen LogP contribution in [0.1, 0.15) is 6.42 Å². The molecule has 3 rings (SSSR count). The van der Waals surface area contributed by atoms with Gasteiger partial charge in [0.2, 0.25) is 0 Å². The molecule has 128 valence electrons. The monoisotopic (exact) mass is 399 g/mol. The fourth-order valence-electron chi connectivity index (χ4n) is 1.02. The van der Waals surface area contributed by atoms with Crippen LogP contribution in [0.2, 0.25) is 0 Å². The first-order valence-electron chi connectivity index (χ1n) is 5.89. The van der Waals surface area contributed by atoms with E-state index < -0.39 is 0 Å². The molecule has 23 heavy (non-hydrogen) atoms. The van der Waals surface area contributed by atoms with Gasteiger partial charge in [0, 0.05) is 0 Å². The van der Waals surface area contributed by atoms with E-state index in [4.69, 9.17) is 0 Å². The Labute approximate surface area is 169 Å². The molecule has 0 radical (unpaired) electrons. The van der Waals surface area contributed by atoms with E-state index in [1.165, 1.54) is 0 Å². The Balaban J connectivity index is -0.0000000619. The summed E-state index contributed by atoms with van der Waals surface area (Å²) in [6.45, 7) is 0. The van der Waals surface area contributed by atoms with Gasteiger partial charge in [-0.15, -0.1) is 31.2 Å². The second kappa shape index (κ2) is 33.1. The fraction of sp³-hybridized carbons (Fsp3) is 0.0526. The van der Waals surface area contributed by atoms with Gasteiger partial charge >= 0.3 is 26.8 Å². The topological polar surface area (TPSA) is 0 Å². The molecule has 2 aromatic rings. The van der Waals surface area contributed by atoms with Gasteiger partial charge in [0.25, 0.3) is 0 Å². The predicted molar refractivity (Wildman–Crippen MR) is 108 cm³/mol. The first-order valence-corrected chi connectivity index (χ1v) is 9.91. The van der Waals surface area contributed by atoms with Gasteiger partial charge in [0.15, 0.2) is 0 Å². The number of halogens is 2. The zero-order valence-corrected chi connectivity index (χ0v) is 18.3. The number of allylic oxidation sites excluding steroid dienone is 4. The Morgan fingerprint density at radius 3 is 1.17 bits per heavy atom. The Morgan fingerprint density at radius 1 is 0.696 bits per heavy atom. The molecule has 0 bridgehead atoms. The molecule has 0 N–H and O–H groups in total. The van der Waals surface area contributed by atoms with Crippen LogP contribution < -0.4 is 0 Å². The second-order valence-corrected chi connectivity index (χ2v) is 3.16. The Bertz CT molecular complexity index is 339. The van der Waals surface area contributed by atoms with Gasteiger partial charge in [-0.1, -0.05) is 0 Å². The van der Waals surface area contributed by atoms with Crippen LogP contribution in [0.5, 0.6) is 0 Å². The molecule has 4 heteroatoms. The Morgan fingerprint density at radius 2 is 1.09 bits per heavy atom. The van der Waals surface area contributed by atoms with Crippen molar-refractivity contribution in [1.82, 2.24) is 0 Å². The third-order valence-corrected chi connectivity index (χ3v) is 1.80. The summed E-state index contributed by atoms with van der Waals surface area (Å²) in [4.78, 5) is 0. The van der Waals surface area contributed by atoms with Crippen LogP contribution in [0.3, 0.4) is 0 Å². The third kappa shape index (κ3) is 30.0. The molecule has 2 aromatic carbocycles. The minimum Gasteiger partial charge on any atom is -0.184 e. The first kappa shape index (κ1) is 33.9. The minimum atomic E-state index is 0. The predicted octanol–water partition coefficient (Wildman–Crippen LogP) is 5.10. The molecule has 1 aliphatic rings. The molecule has 0 atom stereocenters. The summed E-state index contributed by atoms with van der Waals surface area (Å²) >= 11 is 2.03. The van der Waals surface area contributed by atoms with E-state index in [2.05, 4.69) is 24.3 Å². The molecule has 0 spiro atoms. The minimum absolute atomic E-state index is 0. The van der Waals surface area contributed by atoms with Gasteiger partial charge in [0.05, 0.1) is 0 Å². The van der Waals surface area contributed by atoms with Gasteiger partial charge in [-0.3, -0.25) is 6.08 Å². The van der Waals surface area contributed by atoms with Crippen molar-refractivity contribution in [3.8, 4) is 0 Å². The van der Waals surface area contributed by atoms with Crippen molar-refractivity contribution in [3.05, 3.63) is 112 Å². The van der Waals surface area contributed by atoms with E-state index >= 15 is 0 Å². The van der Waals surface area contributed by atoms with Crippen LogP contribution in [0.25, 0.3) is 0 Å². The second-order valence-electron chi connectivity index (χ2n) is 3.16. The average Bonchev–Trinajstić information content (AvgIpc) is 3.13. The molecule has 0 aromatic heterocycles. The van der Waals surface area contributed by atoms with Crippen LogP contribution in [-0.2, 0) is 19.2 Å². The smallest absolute Gasteiger partial charge is 0.171 e. The zero-order chi connectivity index (χ0) is 14.0. The quantitative estimate of drug-likeness (QED) is 0.426. The van der Waals surface area contributed by atoms with E-state index in [1.807, 2.05) is 99.6 Å². The largest absolute Gasteiger partial charge is 0.184 e. The zero-order valence-electron chi connectivity index (χ0n) is 13.7. The molecule has 0 saturated carbocycles. The molecule has 0 nitrogen and oxygen atoms in total. The maximum atomic E-state index is 2.99. The Hall–Kier alpha value is -0.569. The van der Waals surface area contributed by atoms with E-state index in [1.54, 1.807) is 0 Å². The molecule has 0 amide bonds. The summed E-state index contributed by atoms with van der Waals surface area (Å²) in [6.07, 6.45) is 10.0. The van der Waals surface area contributed by atoms with Crippen LogP contribution in [0.15, 0.2) is 78.9 Å². The van der Waals surface area contributed by atoms with Crippen LogP contribution in [0.4, 0.5) is 0 Å². The van der Waals surface area contributed by atoms with Crippen molar-refractivity contribution >= 4 is 32.4 Å². The molecule has 0 heterocycles. The van der Waals surface area contributed by atoms with E-state index in [-0.39, 0.29) is 39.7 Å². The van der Waals surface area contributed by atoms with Gasteiger partial charge in [-0.25, -0.2) is 12.2 Å². The maximum Gasteiger partial charge on any atom is -0.171 e. The molecular formula is C19H25Cl2SiTi-5. The van der Waals surface area contributed by atoms with Crippen LogP contribution in [-0.4, -0.2) is 7.63 Å². The summed E-state index contributed by atoms with van der Waals surface area (Å²) in [5, 5.41) is 0. The van der Waals surface area contributed by atoms with Crippen molar-refractivity contribution in [2.45, 2.75) is 6.42 Å². The van der Waals surface area contributed by atoms with Crippen molar-refractivity contribution in [1.29, 1.82) is 0 Å². The average molecular weight is 400 g/mol. The number of hydrogen-bond donors (Lipinski definition) is 0. The van der Waals surface area contributed by atoms with Gasteiger partial charge in [-0.2, -0.15) is 78.9 Å². The summed E-state index contributed by atoms with van der Waals surface area (Å²) < 4.78 is 0. The van der Waals surface area contributed by atoms with Gasteiger partial charge in [-0.05, 0) is 0 Å². The van der Waals surface area contributed by atoms with Crippen molar-refractivity contribution < 1.29 is 19.2 Å². The molecule has 0 saturated heterocycles. The summed E-state index contributed by atoms with van der Waals surface area (Å²) in [5.41, 5.74) is 0. The molecule has 1 aliphatic carbocycles. The third-order valence-electron chi connectivity index (χ3n) is 1.80. The fourth-order valence-corrected chi connectivity index (χ4v) is 1.02. The van der Waals surface area contributed by atoms with Crippen LogP contribution in [0, 0.1) is 33.1 Å². The maximum absolute atomic E-state index is 2.99. The normalized spacial score (nSPS) is 8.13.